The summed E-state index contributed by atoms with van der Waals surface area (Å²) in [6, 6.07) is 0. The summed E-state index contributed by atoms with van der Waals surface area (Å²) >= 11 is 0. The minimum absolute atomic E-state index is 0.0324. The third-order valence-corrected chi connectivity index (χ3v) is 1.75. The van der Waals surface area contributed by atoms with Crippen molar-refractivity contribution in [2.45, 2.75) is 33.1 Å². The molecule has 1 atom stereocenters. The average molecular weight is 145 g/mol. The molecule has 60 valence electrons. The van der Waals surface area contributed by atoms with Gasteiger partial charge in [-0.15, -0.1) is 0 Å². The molecule has 0 bridgehead atoms. The van der Waals surface area contributed by atoms with Crippen molar-refractivity contribution < 1.29 is 9.18 Å². The molecule has 0 saturated carbocycles. The zero-order valence-corrected chi connectivity index (χ0v) is 6.69. The third-order valence-electron chi connectivity index (χ3n) is 1.75. The van der Waals surface area contributed by atoms with Crippen LogP contribution in [0, 0.1) is 5.92 Å². The maximum atomic E-state index is 11.8. The summed E-state index contributed by atoms with van der Waals surface area (Å²) in [5, 5.41) is 0. The molecule has 10 heavy (non-hydrogen) atoms. The van der Waals surface area contributed by atoms with Crippen LogP contribution in [-0.4, -0.2) is 12.5 Å². The van der Waals surface area contributed by atoms with Crippen LogP contribution in [0.4, 0.5) is 4.39 Å². The Labute approximate surface area is 61.6 Å². The lowest BCUT2D eigenvalue weighted by molar-refractivity contribution is -0.122. The van der Waals surface area contributed by atoms with E-state index in [1.165, 1.54) is 0 Å². The van der Waals surface area contributed by atoms with E-state index in [1.54, 1.807) is 0 Å². The maximum absolute atomic E-state index is 11.8. The van der Waals surface area contributed by atoms with Gasteiger partial charge in [0, 0.05) is 12.3 Å². The number of hydrogen-bond acceptors (Lipinski definition) is 1. The molecule has 0 rings (SSSR count). The highest BCUT2D eigenvalue weighted by Gasteiger charge is 2.12. The van der Waals surface area contributed by atoms with Crippen LogP contribution in [-0.2, 0) is 4.79 Å². The molecule has 0 aromatic heterocycles. The van der Waals surface area contributed by atoms with Crippen LogP contribution in [0.25, 0.3) is 0 Å². The molecule has 0 fully saturated rings. The molecular formula is C8H15FO. The first-order valence-corrected chi connectivity index (χ1v) is 3.84. The topological polar surface area (TPSA) is 17.1 Å². The fourth-order valence-corrected chi connectivity index (χ4v) is 1.01. The lowest BCUT2D eigenvalue weighted by atomic mass is 9.96. The fourth-order valence-electron chi connectivity index (χ4n) is 1.01. The van der Waals surface area contributed by atoms with E-state index in [0.717, 1.165) is 6.42 Å². The van der Waals surface area contributed by atoms with Gasteiger partial charge < -0.3 is 0 Å². The van der Waals surface area contributed by atoms with E-state index in [1.807, 2.05) is 13.8 Å². The molecule has 0 amide bonds. The smallest absolute Gasteiger partial charge is 0.135 e. The SMILES string of the molecule is CCC(=O)C(CC)CC[18F]. The number of alkyl halides is 1. The second-order valence-electron chi connectivity index (χ2n) is 2.40. The molecule has 0 spiro atoms. The highest BCUT2D eigenvalue weighted by Crippen LogP contribution is 2.11. The summed E-state index contributed by atoms with van der Waals surface area (Å²) in [6.07, 6.45) is 1.72. The van der Waals surface area contributed by atoms with E-state index in [9.17, 15) is 9.18 Å². The van der Waals surface area contributed by atoms with Crippen molar-refractivity contribution in [3.8, 4) is 0 Å². The van der Waals surface area contributed by atoms with Crippen molar-refractivity contribution in [3.63, 3.8) is 0 Å². The molecule has 2 heteroatoms. The summed E-state index contributed by atoms with van der Waals surface area (Å²) in [6.45, 7) is 3.38. The van der Waals surface area contributed by atoms with Crippen molar-refractivity contribution in [3.05, 3.63) is 0 Å². The van der Waals surface area contributed by atoms with Crippen LogP contribution in [0.5, 0.6) is 0 Å². The Morgan fingerprint density at radius 2 is 2.10 bits per heavy atom. The molecule has 0 radical (unpaired) electrons. The molecule has 0 aromatic carbocycles. The predicted molar refractivity (Wildman–Crippen MR) is 39.7 cm³/mol. The third kappa shape index (κ3) is 2.95. The van der Waals surface area contributed by atoms with Gasteiger partial charge in [0.2, 0.25) is 0 Å². The summed E-state index contributed by atoms with van der Waals surface area (Å²) < 4.78 is 11.8. The van der Waals surface area contributed by atoms with E-state index in [0.29, 0.717) is 12.8 Å². The zero-order chi connectivity index (χ0) is 7.98. The van der Waals surface area contributed by atoms with Crippen molar-refractivity contribution in [2.75, 3.05) is 6.67 Å². The average Bonchev–Trinajstić information content (AvgIpc) is 1.99. The Hall–Kier alpha value is -0.400. The number of hydrogen-bond donors (Lipinski definition) is 0. The quantitative estimate of drug-likeness (QED) is 0.580. The Morgan fingerprint density at radius 3 is 2.40 bits per heavy atom. The van der Waals surface area contributed by atoms with Crippen LogP contribution in [0.2, 0.25) is 0 Å². The van der Waals surface area contributed by atoms with Crippen molar-refractivity contribution in [1.82, 2.24) is 0 Å². The molecule has 0 heterocycles. The lowest BCUT2D eigenvalue weighted by Crippen LogP contribution is -2.12. The lowest BCUT2D eigenvalue weighted by Gasteiger charge is -2.08. The number of rotatable bonds is 5. The molecule has 1 nitrogen and oxygen atoms in total. The highest BCUT2D eigenvalue weighted by atomic mass is 18.2. The molecule has 0 aliphatic heterocycles. The van der Waals surface area contributed by atoms with Crippen LogP contribution in [0.15, 0.2) is 0 Å². The first kappa shape index (κ1) is 9.60. The molecular weight excluding hydrogens is 130 g/mol. The van der Waals surface area contributed by atoms with Gasteiger partial charge in [-0.1, -0.05) is 13.8 Å². The molecule has 0 aliphatic carbocycles. The van der Waals surface area contributed by atoms with Crippen molar-refractivity contribution in [2.24, 2.45) is 5.92 Å². The van der Waals surface area contributed by atoms with Gasteiger partial charge in [0.15, 0.2) is 0 Å². The molecule has 0 aliphatic rings. The Morgan fingerprint density at radius 1 is 1.50 bits per heavy atom. The first-order valence-electron chi connectivity index (χ1n) is 3.84. The number of halogens is 1. The van der Waals surface area contributed by atoms with E-state index in [2.05, 4.69) is 0 Å². The molecule has 1 unspecified atom stereocenters. The summed E-state index contributed by atoms with van der Waals surface area (Å²) in [5.74, 6) is 0.162. The van der Waals surface area contributed by atoms with Crippen LogP contribution >= 0.6 is 0 Å². The van der Waals surface area contributed by atoms with Gasteiger partial charge in [0.1, 0.15) is 5.78 Å². The largest absolute Gasteiger partial charge is 0.299 e. The van der Waals surface area contributed by atoms with E-state index >= 15 is 0 Å². The monoisotopic (exact) mass is 145 g/mol. The molecule has 0 saturated heterocycles. The fraction of sp³-hybridized carbons (Fsp3) is 0.875. The van der Waals surface area contributed by atoms with Gasteiger partial charge >= 0.3 is 0 Å². The minimum Gasteiger partial charge on any atom is -0.299 e. The van der Waals surface area contributed by atoms with Crippen LogP contribution in [0.1, 0.15) is 33.1 Å². The van der Waals surface area contributed by atoms with Gasteiger partial charge in [-0.05, 0) is 12.8 Å². The minimum atomic E-state index is -0.371. The number of carbonyl (C=O) groups is 1. The van der Waals surface area contributed by atoms with Crippen LogP contribution < -0.4 is 0 Å². The van der Waals surface area contributed by atoms with Gasteiger partial charge in [-0.2, -0.15) is 0 Å². The van der Waals surface area contributed by atoms with E-state index in [-0.39, 0.29) is 18.4 Å². The predicted octanol–water partition coefficient (Wildman–Crippen LogP) is 2.35. The van der Waals surface area contributed by atoms with Crippen LogP contribution in [0.3, 0.4) is 0 Å². The Bertz CT molecular complexity index is 101. The van der Waals surface area contributed by atoms with Gasteiger partial charge in [-0.25, -0.2) is 0 Å². The highest BCUT2D eigenvalue weighted by molar-refractivity contribution is 5.80. The number of ketones is 1. The van der Waals surface area contributed by atoms with Crippen molar-refractivity contribution in [1.29, 1.82) is 0 Å². The van der Waals surface area contributed by atoms with Gasteiger partial charge in [0.25, 0.3) is 0 Å². The second kappa shape index (κ2) is 5.39. The molecule has 0 N–H and O–H groups in total. The summed E-state index contributed by atoms with van der Waals surface area (Å²) in [7, 11) is 0. The normalized spacial score (nSPS) is 13.1. The number of Topliss-reactive ketones (excluding diaryl/α,β-unsaturated/α-hetero) is 1. The standard InChI is InChI=1S/C8H15FO/c1-3-7(5-6-9)8(10)4-2/h7H,3-6H2,1-2H3/i9-1. The van der Waals surface area contributed by atoms with Crippen molar-refractivity contribution >= 4 is 5.78 Å². The van der Waals surface area contributed by atoms with Gasteiger partial charge in [-0.3, -0.25) is 9.18 Å². The van der Waals surface area contributed by atoms with E-state index in [4.69, 9.17) is 0 Å². The van der Waals surface area contributed by atoms with Gasteiger partial charge in [0.05, 0.1) is 6.67 Å². The molecule has 0 aromatic rings. The Kier molecular flexibility index (Phi) is 5.17. The maximum Gasteiger partial charge on any atom is 0.135 e. The zero-order valence-electron chi connectivity index (χ0n) is 6.69. The number of carbonyl (C=O) groups excluding carboxylic acids is 1. The van der Waals surface area contributed by atoms with E-state index < -0.39 is 0 Å². The second-order valence-corrected chi connectivity index (χ2v) is 2.40. The first-order chi connectivity index (χ1) is 4.76. The summed E-state index contributed by atoms with van der Waals surface area (Å²) in [5.41, 5.74) is 0. The summed E-state index contributed by atoms with van der Waals surface area (Å²) in [4.78, 5) is 11.0. The Balaban J connectivity index is 3.68.